The molecule has 2 aliphatic rings. The molecule has 0 radical (unpaired) electrons. The number of hydrogen-bond acceptors (Lipinski definition) is 3. The van der Waals surface area contributed by atoms with Gasteiger partial charge in [-0.25, -0.2) is 4.39 Å². The Morgan fingerprint density at radius 3 is 2.47 bits per heavy atom. The number of benzene rings is 2. The van der Waals surface area contributed by atoms with Gasteiger partial charge in [0, 0.05) is 26.2 Å². The molecule has 0 N–H and O–H groups in total. The number of morpholine rings is 1. The first-order chi connectivity index (χ1) is 14.6. The molecule has 2 fully saturated rings. The molecule has 2 aromatic carbocycles. The van der Waals surface area contributed by atoms with Crippen LogP contribution >= 0.6 is 0 Å². The molecule has 0 aromatic heterocycles. The first-order valence-corrected chi connectivity index (χ1v) is 11.0. The summed E-state index contributed by atoms with van der Waals surface area (Å²) in [7, 11) is 0. The summed E-state index contributed by atoms with van der Waals surface area (Å²) >= 11 is 0. The van der Waals surface area contributed by atoms with Gasteiger partial charge in [0.05, 0.1) is 18.8 Å². The second kappa shape index (κ2) is 9.71. The molecule has 2 saturated heterocycles. The van der Waals surface area contributed by atoms with Crippen LogP contribution in [0.5, 0.6) is 0 Å². The molecule has 0 bridgehead atoms. The smallest absolute Gasteiger partial charge is 0.239 e. The predicted octanol–water partition coefficient (Wildman–Crippen LogP) is 4.07. The topological polar surface area (TPSA) is 32.8 Å². The van der Waals surface area contributed by atoms with Gasteiger partial charge in [0.1, 0.15) is 5.82 Å². The fourth-order valence-electron chi connectivity index (χ4n) is 4.63. The zero-order valence-corrected chi connectivity index (χ0v) is 17.7. The van der Waals surface area contributed by atoms with Crippen LogP contribution in [0, 0.1) is 11.7 Å². The SMILES string of the molecule is CC(C(=O)N1CCC(Cc2ccccc2)CC1)N1CCOC(c2ccc(F)cc2)C1. The summed E-state index contributed by atoms with van der Waals surface area (Å²) < 4.78 is 19.1. The van der Waals surface area contributed by atoms with Crippen LogP contribution in [0.15, 0.2) is 54.6 Å². The van der Waals surface area contributed by atoms with Crippen LogP contribution in [0.2, 0.25) is 0 Å². The second-order valence-corrected chi connectivity index (χ2v) is 8.54. The van der Waals surface area contributed by atoms with E-state index in [0.29, 0.717) is 19.1 Å². The number of carbonyl (C=O) groups is 1. The summed E-state index contributed by atoms with van der Waals surface area (Å²) in [6.45, 7) is 5.67. The zero-order chi connectivity index (χ0) is 20.9. The summed E-state index contributed by atoms with van der Waals surface area (Å²) in [5.74, 6) is 0.622. The van der Waals surface area contributed by atoms with E-state index in [2.05, 4.69) is 35.2 Å². The van der Waals surface area contributed by atoms with Crippen molar-refractivity contribution in [3.63, 3.8) is 0 Å². The minimum Gasteiger partial charge on any atom is -0.371 e. The van der Waals surface area contributed by atoms with Gasteiger partial charge in [-0.15, -0.1) is 0 Å². The van der Waals surface area contributed by atoms with Gasteiger partial charge in [-0.1, -0.05) is 42.5 Å². The Hall–Kier alpha value is -2.24. The van der Waals surface area contributed by atoms with E-state index in [4.69, 9.17) is 4.74 Å². The Morgan fingerprint density at radius 1 is 1.07 bits per heavy atom. The summed E-state index contributed by atoms with van der Waals surface area (Å²) in [5, 5.41) is 0. The van der Waals surface area contributed by atoms with Gasteiger partial charge in [0.25, 0.3) is 0 Å². The largest absolute Gasteiger partial charge is 0.371 e. The molecule has 4 nitrogen and oxygen atoms in total. The van der Waals surface area contributed by atoms with Crippen molar-refractivity contribution in [2.24, 2.45) is 5.92 Å². The minimum absolute atomic E-state index is 0.119. The number of likely N-dealkylation sites (tertiary alicyclic amines) is 1. The van der Waals surface area contributed by atoms with Crippen molar-refractivity contribution >= 4 is 5.91 Å². The molecule has 2 aliphatic heterocycles. The third kappa shape index (κ3) is 5.08. The highest BCUT2D eigenvalue weighted by Crippen LogP contribution is 2.26. The standard InChI is InChI=1S/C25H31FN2O2/c1-19(28-15-16-30-24(18-28)22-7-9-23(26)10-8-22)25(29)27-13-11-21(12-14-27)17-20-5-3-2-4-6-20/h2-10,19,21,24H,11-18H2,1H3. The average molecular weight is 411 g/mol. The van der Waals surface area contributed by atoms with Crippen molar-refractivity contribution in [3.05, 3.63) is 71.5 Å². The van der Waals surface area contributed by atoms with E-state index >= 15 is 0 Å². The lowest BCUT2D eigenvalue weighted by molar-refractivity contribution is -0.141. The number of carbonyl (C=O) groups excluding carboxylic acids is 1. The molecule has 5 heteroatoms. The Bertz CT molecular complexity index is 819. The first kappa shape index (κ1) is 21.0. The third-order valence-corrected chi connectivity index (χ3v) is 6.54. The molecule has 30 heavy (non-hydrogen) atoms. The number of nitrogens with zero attached hydrogens (tertiary/aromatic N) is 2. The normalized spacial score (nSPS) is 22.1. The van der Waals surface area contributed by atoms with Gasteiger partial charge in [-0.3, -0.25) is 9.69 Å². The number of amides is 1. The van der Waals surface area contributed by atoms with Gasteiger partial charge in [-0.2, -0.15) is 0 Å². The van der Waals surface area contributed by atoms with Crippen LogP contribution < -0.4 is 0 Å². The van der Waals surface area contributed by atoms with E-state index in [9.17, 15) is 9.18 Å². The Labute approximate surface area is 178 Å². The molecule has 0 aliphatic carbocycles. The molecule has 0 saturated carbocycles. The average Bonchev–Trinajstić information content (AvgIpc) is 2.80. The van der Waals surface area contributed by atoms with Crippen LogP contribution in [0.3, 0.4) is 0 Å². The maximum atomic E-state index is 13.2. The van der Waals surface area contributed by atoms with Gasteiger partial charge in [-0.05, 0) is 55.4 Å². The molecule has 1 amide bonds. The van der Waals surface area contributed by atoms with E-state index in [1.165, 1.54) is 17.7 Å². The highest BCUT2D eigenvalue weighted by molar-refractivity contribution is 5.81. The fourth-order valence-corrected chi connectivity index (χ4v) is 4.63. The summed E-state index contributed by atoms with van der Waals surface area (Å²) in [5.41, 5.74) is 2.35. The molecule has 160 valence electrons. The number of halogens is 1. The van der Waals surface area contributed by atoms with E-state index in [0.717, 1.165) is 44.5 Å². The highest BCUT2D eigenvalue weighted by Gasteiger charge is 2.32. The van der Waals surface area contributed by atoms with Crippen LogP contribution in [0.4, 0.5) is 4.39 Å². The van der Waals surface area contributed by atoms with Crippen LogP contribution in [0.25, 0.3) is 0 Å². The maximum absolute atomic E-state index is 13.2. The van der Waals surface area contributed by atoms with E-state index < -0.39 is 0 Å². The van der Waals surface area contributed by atoms with Crippen molar-refractivity contribution in [2.45, 2.75) is 38.3 Å². The fraction of sp³-hybridized carbons (Fsp3) is 0.480. The van der Waals surface area contributed by atoms with E-state index in [1.54, 1.807) is 12.1 Å². The molecule has 2 aromatic rings. The zero-order valence-electron chi connectivity index (χ0n) is 17.7. The highest BCUT2D eigenvalue weighted by atomic mass is 19.1. The lowest BCUT2D eigenvalue weighted by atomic mass is 9.90. The molecule has 0 spiro atoms. The van der Waals surface area contributed by atoms with Crippen LogP contribution in [0.1, 0.15) is 37.0 Å². The third-order valence-electron chi connectivity index (χ3n) is 6.54. The maximum Gasteiger partial charge on any atom is 0.239 e. The van der Waals surface area contributed by atoms with Gasteiger partial charge >= 0.3 is 0 Å². The summed E-state index contributed by atoms with van der Waals surface area (Å²) in [6.07, 6.45) is 3.11. The van der Waals surface area contributed by atoms with E-state index in [-0.39, 0.29) is 23.9 Å². The van der Waals surface area contributed by atoms with Crippen molar-refractivity contribution < 1.29 is 13.9 Å². The Morgan fingerprint density at radius 2 is 1.77 bits per heavy atom. The Balaban J connectivity index is 1.29. The summed E-state index contributed by atoms with van der Waals surface area (Å²) in [6, 6.07) is 16.9. The quantitative estimate of drug-likeness (QED) is 0.745. The number of piperidine rings is 1. The minimum atomic E-state index is -0.245. The summed E-state index contributed by atoms with van der Waals surface area (Å²) in [4.78, 5) is 17.4. The van der Waals surface area contributed by atoms with Gasteiger partial charge in [0.15, 0.2) is 0 Å². The van der Waals surface area contributed by atoms with Crippen molar-refractivity contribution in [1.29, 1.82) is 0 Å². The van der Waals surface area contributed by atoms with Crippen LogP contribution in [-0.4, -0.2) is 54.5 Å². The molecule has 2 heterocycles. The lowest BCUT2D eigenvalue weighted by Gasteiger charge is -2.40. The van der Waals surface area contributed by atoms with Crippen LogP contribution in [-0.2, 0) is 16.0 Å². The Kier molecular flexibility index (Phi) is 6.80. The second-order valence-electron chi connectivity index (χ2n) is 8.54. The monoisotopic (exact) mass is 410 g/mol. The number of hydrogen-bond donors (Lipinski definition) is 0. The van der Waals surface area contributed by atoms with Crippen molar-refractivity contribution in [2.75, 3.05) is 32.8 Å². The number of rotatable bonds is 5. The first-order valence-electron chi connectivity index (χ1n) is 11.0. The number of ether oxygens (including phenoxy) is 1. The van der Waals surface area contributed by atoms with E-state index in [1.807, 2.05) is 11.8 Å². The van der Waals surface area contributed by atoms with Gasteiger partial charge in [0.2, 0.25) is 5.91 Å². The van der Waals surface area contributed by atoms with Crippen molar-refractivity contribution in [3.8, 4) is 0 Å². The molecular formula is C25H31FN2O2. The molecule has 4 rings (SSSR count). The molecular weight excluding hydrogens is 379 g/mol. The van der Waals surface area contributed by atoms with Crippen molar-refractivity contribution in [1.82, 2.24) is 9.80 Å². The lowest BCUT2D eigenvalue weighted by Crippen LogP contribution is -2.52. The molecule has 2 unspecified atom stereocenters. The predicted molar refractivity (Wildman–Crippen MR) is 116 cm³/mol. The van der Waals surface area contributed by atoms with Gasteiger partial charge < -0.3 is 9.64 Å². The molecule has 2 atom stereocenters.